The van der Waals surface area contributed by atoms with Gasteiger partial charge >= 0.3 is 0 Å². The Balaban J connectivity index is 2.46. The number of carbonyl (C=O) groups is 2. The molecule has 6 heteroatoms. The Morgan fingerprint density at radius 1 is 1.14 bits per heavy atom. The number of likely N-dealkylation sites (N-methyl/N-ethyl adjacent to an activating group) is 1. The maximum atomic E-state index is 11.5. The molecule has 1 aromatic carbocycles. The fraction of sp³-hybridized carbons (Fsp3) is 0.400. The number of rotatable bonds is 6. The molecule has 21 heavy (non-hydrogen) atoms. The van der Waals surface area contributed by atoms with Crippen LogP contribution in [0.2, 0.25) is 0 Å². The maximum absolute atomic E-state index is 11.5. The van der Waals surface area contributed by atoms with Crippen molar-refractivity contribution in [2.45, 2.75) is 32.6 Å². The van der Waals surface area contributed by atoms with Crippen molar-refractivity contribution >= 4 is 34.8 Å². The SMILES string of the molecule is CCCCC(=O)NC(=S)Nc1ccc(CC(=O)NC)cc1. The average molecular weight is 307 g/mol. The van der Waals surface area contributed by atoms with Crippen LogP contribution in [0.25, 0.3) is 0 Å². The van der Waals surface area contributed by atoms with Crippen molar-refractivity contribution in [3.63, 3.8) is 0 Å². The monoisotopic (exact) mass is 307 g/mol. The third kappa shape index (κ3) is 6.85. The highest BCUT2D eigenvalue weighted by molar-refractivity contribution is 7.80. The highest BCUT2D eigenvalue weighted by Gasteiger charge is 2.05. The molecule has 0 bridgehead atoms. The largest absolute Gasteiger partial charge is 0.359 e. The standard InChI is InChI=1S/C15H21N3O2S/c1-3-4-5-13(19)18-15(21)17-12-8-6-11(7-9-12)10-14(20)16-2/h6-9H,3-5,10H2,1-2H3,(H,16,20)(H2,17,18,19,21). The van der Waals surface area contributed by atoms with E-state index in [0.29, 0.717) is 12.8 Å². The predicted octanol–water partition coefficient (Wildman–Crippen LogP) is 1.98. The van der Waals surface area contributed by atoms with Crippen LogP contribution < -0.4 is 16.0 Å². The van der Waals surface area contributed by atoms with Gasteiger partial charge in [0.25, 0.3) is 0 Å². The molecule has 2 amide bonds. The molecular weight excluding hydrogens is 286 g/mol. The Bertz CT molecular complexity index is 500. The molecule has 0 heterocycles. The summed E-state index contributed by atoms with van der Waals surface area (Å²) in [7, 11) is 1.61. The lowest BCUT2D eigenvalue weighted by molar-refractivity contribution is -0.120. The van der Waals surface area contributed by atoms with E-state index < -0.39 is 0 Å². The van der Waals surface area contributed by atoms with Crippen LogP contribution in [0.1, 0.15) is 31.7 Å². The minimum Gasteiger partial charge on any atom is -0.359 e. The second kappa shape index (κ2) is 9.07. The van der Waals surface area contributed by atoms with Gasteiger partial charge in [-0.05, 0) is 36.3 Å². The van der Waals surface area contributed by atoms with E-state index in [4.69, 9.17) is 12.2 Å². The van der Waals surface area contributed by atoms with Gasteiger partial charge in [0.05, 0.1) is 6.42 Å². The summed E-state index contributed by atoms with van der Waals surface area (Å²) >= 11 is 5.08. The van der Waals surface area contributed by atoms with E-state index in [9.17, 15) is 9.59 Å². The van der Waals surface area contributed by atoms with Crippen molar-refractivity contribution in [1.82, 2.24) is 10.6 Å². The molecular formula is C15H21N3O2S. The van der Waals surface area contributed by atoms with Crippen molar-refractivity contribution in [2.75, 3.05) is 12.4 Å². The molecule has 0 radical (unpaired) electrons. The Morgan fingerprint density at radius 2 is 1.81 bits per heavy atom. The van der Waals surface area contributed by atoms with Crippen molar-refractivity contribution in [3.05, 3.63) is 29.8 Å². The minimum atomic E-state index is -0.0782. The van der Waals surface area contributed by atoms with E-state index in [0.717, 1.165) is 24.1 Å². The van der Waals surface area contributed by atoms with Crippen molar-refractivity contribution in [2.24, 2.45) is 0 Å². The number of hydrogen-bond donors (Lipinski definition) is 3. The molecule has 1 rings (SSSR count). The zero-order valence-corrected chi connectivity index (χ0v) is 13.2. The molecule has 0 aliphatic heterocycles. The third-order valence-corrected chi connectivity index (χ3v) is 3.07. The molecule has 0 saturated heterocycles. The minimum absolute atomic E-state index is 0.0329. The summed E-state index contributed by atoms with van der Waals surface area (Å²) in [6, 6.07) is 7.34. The van der Waals surface area contributed by atoms with Crippen molar-refractivity contribution < 1.29 is 9.59 Å². The van der Waals surface area contributed by atoms with Crippen molar-refractivity contribution in [3.8, 4) is 0 Å². The molecule has 0 saturated carbocycles. The lowest BCUT2D eigenvalue weighted by atomic mass is 10.1. The lowest BCUT2D eigenvalue weighted by Crippen LogP contribution is -2.33. The van der Waals surface area contributed by atoms with Crippen LogP contribution in [0, 0.1) is 0 Å². The van der Waals surface area contributed by atoms with Gasteiger partial charge < -0.3 is 16.0 Å². The van der Waals surface area contributed by atoms with E-state index >= 15 is 0 Å². The van der Waals surface area contributed by atoms with Gasteiger partial charge in [0.1, 0.15) is 0 Å². The lowest BCUT2D eigenvalue weighted by Gasteiger charge is -2.10. The molecule has 0 fully saturated rings. The fourth-order valence-electron chi connectivity index (χ4n) is 1.67. The molecule has 1 aromatic rings. The maximum Gasteiger partial charge on any atom is 0.226 e. The fourth-order valence-corrected chi connectivity index (χ4v) is 1.90. The first-order valence-electron chi connectivity index (χ1n) is 6.95. The summed E-state index contributed by atoms with van der Waals surface area (Å²) in [5, 5.41) is 8.44. The number of carbonyl (C=O) groups excluding carboxylic acids is 2. The van der Waals surface area contributed by atoms with Crippen LogP contribution in [-0.4, -0.2) is 24.0 Å². The van der Waals surface area contributed by atoms with Gasteiger partial charge in [-0.2, -0.15) is 0 Å². The number of unbranched alkanes of at least 4 members (excludes halogenated alkanes) is 1. The van der Waals surface area contributed by atoms with Crippen LogP contribution in [0.5, 0.6) is 0 Å². The number of anilines is 1. The van der Waals surface area contributed by atoms with E-state index in [1.54, 1.807) is 7.05 Å². The number of thiocarbonyl (C=S) groups is 1. The molecule has 0 aliphatic carbocycles. The normalized spacial score (nSPS) is 9.81. The topological polar surface area (TPSA) is 70.2 Å². The molecule has 0 atom stereocenters. The Labute approximate surface area is 130 Å². The molecule has 5 nitrogen and oxygen atoms in total. The molecule has 0 aromatic heterocycles. The number of hydrogen-bond acceptors (Lipinski definition) is 3. The van der Waals surface area contributed by atoms with E-state index in [1.165, 1.54) is 0 Å². The first-order chi connectivity index (χ1) is 10.0. The Morgan fingerprint density at radius 3 is 2.38 bits per heavy atom. The van der Waals surface area contributed by atoms with Gasteiger partial charge in [-0.15, -0.1) is 0 Å². The van der Waals surface area contributed by atoms with Gasteiger partial charge in [-0.25, -0.2) is 0 Å². The van der Waals surface area contributed by atoms with Crippen LogP contribution in [-0.2, 0) is 16.0 Å². The van der Waals surface area contributed by atoms with Gasteiger partial charge in [0.15, 0.2) is 5.11 Å². The smallest absolute Gasteiger partial charge is 0.226 e. The first kappa shape index (κ1) is 17.1. The van der Waals surface area contributed by atoms with Crippen LogP contribution >= 0.6 is 12.2 Å². The van der Waals surface area contributed by atoms with E-state index in [1.807, 2.05) is 31.2 Å². The number of amides is 2. The highest BCUT2D eigenvalue weighted by Crippen LogP contribution is 2.10. The molecule has 114 valence electrons. The van der Waals surface area contributed by atoms with E-state index in [2.05, 4.69) is 16.0 Å². The second-order valence-electron chi connectivity index (χ2n) is 4.65. The average Bonchev–Trinajstić information content (AvgIpc) is 2.46. The van der Waals surface area contributed by atoms with Gasteiger partial charge in [0, 0.05) is 19.2 Å². The summed E-state index contributed by atoms with van der Waals surface area (Å²) in [6.07, 6.45) is 2.64. The Kier molecular flexibility index (Phi) is 7.39. The quantitative estimate of drug-likeness (QED) is 0.703. The Hall–Kier alpha value is -1.95. The van der Waals surface area contributed by atoms with Gasteiger partial charge in [0.2, 0.25) is 11.8 Å². The molecule has 0 unspecified atom stereocenters. The van der Waals surface area contributed by atoms with Gasteiger partial charge in [-0.3, -0.25) is 9.59 Å². The summed E-state index contributed by atoms with van der Waals surface area (Å²) in [5.41, 5.74) is 1.69. The van der Waals surface area contributed by atoms with Crippen LogP contribution in [0.15, 0.2) is 24.3 Å². The first-order valence-corrected chi connectivity index (χ1v) is 7.36. The summed E-state index contributed by atoms with van der Waals surface area (Å²) in [5.74, 6) is -0.111. The van der Waals surface area contributed by atoms with Crippen LogP contribution in [0.4, 0.5) is 5.69 Å². The molecule has 3 N–H and O–H groups in total. The zero-order valence-electron chi connectivity index (χ0n) is 12.4. The summed E-state index contributed by atoms with van der Waals surface area (Å²) in [4.78, 5) is 22.8. The number of nitrogens with one attached hydrogen (secondary N) is 3. The van der Waals surface area contributed by atoms with Crippen molar-refractivity contribution in [1.29, 1.82) is 0 Å². The third-order valence-electron chi connectivity index (χ3n) is 2.87. The molecule has 0 aliphatic rings. The van der Waals surface area contributed by atoms with Crippen LogP contribution in [0.3, 0.4) is 0 Å². The van der Waals surface area contributed by atoms with E-state index in [-0.39, 0.29) is 16.9 Å². The summed E-state index contributed by atoms with van der Waals surface area (Å²) < 4.78 is 0. The second-order valence-corrected chi connectivity index (χ2v) is 5.06. The zero-order chi connectivity index (χ0) is 15.7. The highest BCUT2D eigenvalue weighted by atomic mass is 32.1. The number of benzene rings is 1. The predicted molar refractivity (Wildman–Crippen MR) is 88.1 cm³/mol. The molecule has 0 spiro atoms. The van der Waals surface area contributed by atoms with Gasteiger partial charge in [-0.1, -0.05) is 25.5 Å². The summed E-state index contributed by atoms with van der Waals surface area (Å²) in [6.45, 7) is 2.03.